The summed E-state index contributed by atoms with van der Waals surface area (Å²) in [6.45, 7) is 5.39. The second-order valence-corrected chi connectivity index (χ2v) is 6.86. The molecular weight excluding hydrogens is 320 g/mol. The van der Waals surface area contributed by atoms with E-state index in [1.165, 1.54) is 0 Å². The van der Waals surface area contributed by atoms with Crippen LogP contribution in [0.25, 0.3) is 0 Å². The van der Waals surface area contributed by atoms with Gasteiger partial charge in [-0.2, -0.15) is 5.26 Å². The zero-order valence-corrected chi connectivity index (χ0v) is 13.4. The molecular formula is C15H17BrN2O2. The Morgan fingerprint density at radius 2 is 2.20 bits per heavy atom. The van der Waals surface area contributed by atoms with Gasteiger partial charge < -0.3 is 4.74 Å². The molecule has 0 saturated carbocycles. The van der Waals surface area contributed by atoms with Gasteiger partial charge in [0.25, 0.3) is 0 Å². The Labute approximate surface area is 127 Å². The van der Waals surface area contributed by atoms with Crippen LogP contribution in [0.15, 0.2) is 22.7 Å². The fourth-order valence-electron chi connectivity index (χ4n) is 2.39. The number of carbonyl (C=O) groups is 1. The van der Waals surface area contributed by atoms with E-state index in [9.17, 15) is 10.1 Å². The smallest absolute Gasteiger partial charge is 0.409 e. The topological polar surface area (TPSA) is 62.1 Å². The predicted octanol–water partition coefficient (Wildman–Crippen LogP) is 3.64. The standard InChI is InChI=1S/C15H17BrN2O2/c1-14(2,3)20-13(19)18-15(9-17)7-6-10-8-11(16)4-5-12(10)15/h4-5,8H,6-7H2,1-3H3,(H,18,19). The lowest BCUT2D eigenvalue weighted by atomic mass is 9.94. The number of nitrogens with one attached hydrogen (secondary N) is 1. The number of fused-ring (bicyclic) bond motifs is 1. The lowest BCUT2D eigenvalue weighted by molar-refractivity contribution is 0.0478. The van der Waals surface area contributed by atoms with Crippen molar-refractivity contribution in [1.29, 1.82) is 5.26 Å². The summed E-state index contributed by atoms with van der Waals surface area (Å²) >= 11 is 3.42. The Balaban J connectivity index is 2.26. The van der Waals surface area contributed by atoms with Crippen molar-refractivity contribution in [2.24, 2.45) is 0 Å². The number of ether oxygens (including phenoxy) is 1. The Bertz CT molecular complexity index is 587. The summed E-state index contributed by atoms with van der Waals surface area (Å²) in [5.41, 5.74) is 0.367. The number of nitrogens with zero attached hydrogens (tertiary/aromatic N) is 1. The number of amides is 1. The lowest BCUT2D eigenvalue weighted by Crippen LogP contribution is -2.45. The highest BCUT2D eigenvalue weighted by Crippen LogP contribution is 2.38. The minimum Gasteiger partial charge on any atom is -0.444 e. The van der Waals surface area contributed by atoms with Gasteiger partial charge in [-0.15, -0.1) is 0 Å². The average Bonchev–Trinajstić information content (AvgIpc) is 2.65. The molecule has 5 heteroatoms. The monoisotopic (exact) mass is 336 g/mol. The van der Waals surface area contributed by atoms with E-state index in [0.29, 0.717) is 6.42 Å². The van der Waals surface area contributed by atoms with Crippen LogP contribution in [-0.4, -0.2) is 11.7 Å². The molecule has 1 aliphatic rings. The molecule has 1 aliphatic carbocycles. The SMILES string of the molecule is CC(C)(C)OC(=O)NC1(C#N)CCc2cc(Br)ccc21. The zero-order chi connectivity index (χ0) is 15.0. The first-order valence-electron chi connectivity index (χ1n) is 6.47. The van der Waals surface area contributed by atoms with Crippen molar-refractivity contribution in [2.45, 2.75) is 44.8 Å². The summed E-state index contributed by atoms with van der Waals surface area (Å²) < 4.78 is 6.23. The quantitative estimate of drug-likeness (QED) is 0.851. The number of rotatable bonds is 1. The van der Waals surface area contributed by atoms with Crippen molar-refractivity contribution in [3.05, 3.63) is 33.8 Å². The van der Waals surface area contributed by atoms with Gasteiger partial charge in [0, 0.05) is 4.47 Å². The molecule has 4 nitrogen and oxygen atoms in total. The van der Waals surface area contributed by atoms with Crippen LogP contribution in [0.1, 0.15) is 38.3 Å². The molecule has 0 saturated heterocycles. The van der Waals surface area contributed by atoms with Gasteiger partial charge in [-0.3, -0.25) is 5.32 Å². The molecule has 0 bridgehead atoms. The van der Waals surface area contributed by atoms with Gasteiger partial charge in [-0.25, -0.2) is 4.79 Å². The molecule has 0 aromatic heterocycles. The van der Waals surface area contributed by atoms with E-state index < -0.39 is 17.2 Å². The van der Waals surface area contributed by atoms with Gasteiger partial charge in [0.1, 0.15) is 5.60 Å². The van der Waals surface area contributed by atoms with Gasteiger partial charge in [0.05, 0.1) is 6.07 Å². The van der Waals surface area contributed by atoms with Crippen LogP contribution in [-0.2, 0) is 16.7 Å². The van der Waals surface area contributed by atoms with Crippen molar-refractivity contribution < 1.29 is 9.53 Å². The third-order valence-electron chi connectivity index (χ3n) is 3.20. The van der Waals surface area contributed by atoms with Crippen molar-refractivity contribution in [2.75, 3.05) is 0 Å². The van der Waals surface area contributed by atoms with Gasteiger partial charge in [0.2, 0.25) is 0 Å². The first-order valence-corrected chi connectivity index (χ1v) is 7.26. The molecule has 1 aromatic carbocycles. The highest BCUT2D eigenvalue weighted by molar-refractivity contribution is 9.10. The molecule has 1 N–H and O–H groups in total. The van der Waals surface area contributed by atoms with Gasteiger partial charge >= 0.3 is 6.09 Å². The maximum absolute atomic E-state index is 12.0. The summed E-state index contributed by atoms with van der Waals surface area (Å²) in [5.74, 6) is 0. The van der Waals surface area contributed by atoms with Crippen LogP contribution < -0.4 is 5.32 Å². The fourth-order valence-corrected chi connectivity index (χ4v) is 2.80. The van der Waals surface area contributed by atoms with E-state index in [1.807, 2.05) is 18.2 Å². The second-order valence-electron chi connectivity index (χ2n) is 5.95. The summed E-state index contributed by atoms with van der Waals surface area (Å²) in [7, 11) is 0. The average molecular weight is 337 g/mol. The number of hydrogen-bond donors (Lipinski definition) is 1. The molecule has 1 amide bonds. The number of alkyl carbamates (subject to hydrolysis) is 1. The highest BCUT2D eigenvalue weighted by atomic mass is 79.9. The number of hydrogen-bond acceptors (Lipinski definition) is 3. The van der Waals surface area contributed by atoms with Crippen LogP contribution in [0, 0.1) is 11.3 Å². The molecule has 0 radical (unpaired) electrons. The molecule has 0 fully saturated rings. The molecule has 20 heavy (non-hydrogen) atoms. The summed E-state index contributed by atoms with van der Waals surface area (Å²) in [6, 6.07) is 8.00. The molecule has 0 aliphatic heterocycles. The van der Waals surface area contributed by atoms with Crippen LogP contribution >= 0.6 is 15.9 Å². The summed E-state index contributed by atoms with van der Waals surface area (Å²) in [4.78, 5) is 12.0. The van der Waals surface area contributed by atoms with Gasteiger partial charge in [-0.05, 0) is 56.9 Å². The lowest BCUT2D eigenvalue weighted by Gasteiger charge is -2.27. The van der Waals surface area contributed by atoms with Gasteiger partial charge in [-0.1, -0.05) is 22.0 Å². The van der Waals surface area contributed by atoms with Crippen LogP contribution in [0.2, 0.25) is 0 Å². The zero-order valence-electron chi connectivity index (χ0n) is 11.8. The minimum absolute atomic E-state index is 0.560. The van der Waals surface area contributed by atoms with E-state index in [4.69, 9.17) is 4.74 Å². The molecule has 106 valence electrons. The van der Waals surface area contributed by atoms with Crippen LogP contribution in [0.4, 0.5) is 4.79 Å². The molecule has 2 rings (SSSR count). The predicted molar refractivity (Wildman–Crippen MR) is 79.1 cm³/mol. The third kappa shape index (κ3) is 2.96. The van der Waals surface area contributed by atoms with E-state index >= 15 is 0 Å². The first-order chi connectivity index (χ1) is 9.26. The number of aryl methyl sites for hydroxylation is 1. The van der Waals surface area contributed by atoms with Crippen molar-refractivity contribution in [3.63, 3.8) is 0 Å². The number of halogens is 1. The number of carbonyl (C=O) groups excluding carboxylic acids is 1. The van der Waals surface area contributed by atoms with Crippen molar-refractivity contribution in [1.82, 2.24) is 5.32 Å². The Morgan fingerprint density at radius 1 is 1.50 bits per heavy atom. The molecule has 1 aromatic rings. The number of benzene rings is 1. The number of nitriles is 1. The highest BCUT2D eigenvalue weighted by Gasteiger charge is 2.41. The maximum atomic E-state index is 12.0. The summed E-state index contributed by atoms with van der Waals surface area (Å²) in [6.07, 6.45) is 0.766. The molecule has 1 unspecified atom stereocenters. The van der Waals surface area contributed by atoms with Crippen LogP contribution in [0.3, 0.4) is 0 Å². The Hall–Kier alpha value is -1.54. The Morgan fingerprint density at radius 3 is 2.80 bits per heavy atom. The van der Waals surface area contributed by atoms with Gasteiger partial charge in [0.15, 0.2) is 5.54 Å². The summed E-state index contributed by atoms with van der Waals surface area (Å²) in [5, 5.41) is 12.3. The molecule has 0 spiro atoms. The molecule has 0 heterocycles. The second kappa shape index (κ2) is 5.10. The third-order valence-corrected chi connectivity index (χ3v) is 3.69. The van der Waals surface area contributed by atoms with Crippen LogP contribution in [0.5, 0.6) is 0 Å². The first kappa shape index (κ1) is 14.9. The van der Waals surface area contributed by atoms with E-state index in [0.717, 1.165) is 22.0 Å². The normalized spacial score (nSPS) is 20.9. The minimum atomic E-state index is -0.988. The fraction of sp³-hybridized carbons (Fsp3) is 0.467. The largest absolute Gasteiger partial charge is 0.444 e. The van der Waals surface area contributed by atoms with E-state index in [2.05, 4.69) is 27.3 Å². The van der Waals surface area contributed by atoms with E-state index in [-0.39, 0.29) is 0 Å². The van der Waals surface area contributed by atoms with E-state index in [1.54, 1.807) is 20.8 Å². The van der Waals surface area contributed by atoms with Crippen molar-refractivity contribution in [3.8, 4) is 6.07 Å². The van der Waals surface area contributed by atoms with Crippen molar-refractivity contribution >= 4 is 22.0 Å². The maximum Gasteiger partial charge on any atom is 0.409 e. The Kier molecular flexibility index (Phi) is 3.79. The molecule has 1 atom stereocenters.